The maximum Gasteiger partial charge on any atom is 0.232 e. The molecule has 5 aliphatic heterocycles. The van der Waals surface area contributed by atoms with E-state index in [-0.39, 0.29) is 35.7 Å². The Bertz CT molecular complexity index is 987. The van der Waals surface area contributed by atoms with E-state index in [2.05, 4.69) is 0 Å². The van der Waals surface area contributed by atoms with Gasteiger partial charge in [-0.15, -0.1) is 0 Å². The van der Waals surface area contributed by atoms with Gasteiger partial charge in [-0.05, 0) is 35.4 Å². The van der Waals surface area contributed by atoms with Crippen LogP contribution in [0.25, 0.3) is 0 Å². The van der Waals surface area contributed by atoms with E-state index in [1.54, 1.807) is 14.2 Å². The summed E-state index contributed by atoms with van der Waals surface area (Å²) in [6.45, 7) is 0.939. The Labute approximate surface area is 187 Å². The van der Waals surface area contributed by atoms with Crippen molar-refractivity contribution in [2.75, 3.05) is 14.2 Å². The highest BCUT2D eigenvalue weighted by atomic mass is 16.5. The number of nitrogens with zero attached hydrogens (tertiary/aromatic N) is 2. The Hall–Kier alpha value is -3.54. The Morgan fingerprint density at radius 2 is 1.00 bits per heavy atom. The average Bonchev–Trinajstić information content (AvgIpc) is 2.81. The van der Waals surface area contributed by atoms with Crippen LogP contribution in [0.15, 0.2) is 72.8 Å². The molecule has 0 spiro atoms. The normalized spacial score (nSPS) is 25.8. The minimum absolute atomic E-state index is 0.0694. The van der Waals surface area contributed by atoms with Gasteiger partial charge in [0, 0.05) is 13.1 Å². The summed E-state index contributed by atoms with van der Waals surface area (Å²) in [5.74, 6) is 0.925. The molecule has 0 radical (unpaired) electrons. The number of benzene rings is 2. The van der Waals surface area contributed by atoms with Crippen molar-refractivity contribution in [2.45, 2.75) is 25.2 Å². The molecule has 164 valence electrons. The lowest BCUT2D eigenvalue weighted by Gasteiger charge is -2.49. The number of carbonyl (C=O) groups is 2. The molecule has 2 amide bonds. The molecule has 5 heterocycles. The van der Waals surface area contributed by atoms with Crippen LogP contribution < -0.4 is 9.47 Å². The van der Waals surface area contributed by atoms with Crippen LogP contribution in [0.1, 0.15) is 11.1 Å². The molecule has 6 nitrogen and oxygen atoms in total. The third kappa shape index (κ3) is 3.45. The summed E-state index contributed by atoms with van der Waals surface area (Å²) in [5, 5.41) is 0. The van der Waals surface area contributed by atoms with E-state index < -0.39 is 0 Å². The number of rotatable bonds is 6. The molecule has 2 aromatic rings. The molecule has 1 fully saturated rings. The molecule has 0 saturated carbocycles. The molecule has 0 N–H and O–H groups in total. The number of methoxy groups -OCH3 is 2. The molecule has 2 aromatic carbocycles. The molecule has 6 heteroatoms. The Morgan fingerprint density at radius 3 is 1.34 bits per heavy atom. The van der Waals surface area contributed by atoms with Gasteiger partial charge in [-0.1, -0.05) is 48.6 Å². The van der Waals surface area contributed by atoms with Gasteiger partial charge >= 0.3 is 0 Å². The smallest absolute Gasteiger partial charge is 0.232 e. The molecule has 1 saturated heterocycles. The molecule has 1 aliphatic carbocycles. The topological polar surface area (TPSA) is 59.1 Å². The third-order valence-corrected chi connectivity index (χ3v) is 6.65. The van der Waals surface area contributed by atoms with Gasteiger partial charge < -0.3 is 19.3 Å². The Kier molecular flexibility index (Phi) is 5.21. The summed E-state index contributed by atoms with van der Waals surface area (Å²) in [5.41, 5.74) is 2.03. The first-order valence-corrected chi connectivity index (χ1v) is 10.8. The van der Waals surface area contributed by atoms with Crippen LogP contribution in [0.2, 0.25) is 0 Å². The van der Waals surface area contributed by atoms with E-state index in [9.17, 15) is 9.59 Å². The number of hydrogen-bond acceptors (Lipinski definition) is 4. The summed E-state index contributed by atoms with van der Waals surface area (Å²) in [6.07, 6.45) is 8.07. The Morgan fingerprint density at radius 1 is 0.625 bits per heavy atom. The van der Waals surface area contributed by atoms with Gasteiger partial charge in [0.1, 0.15) is 11.5 Å². The first kappa shape index (κ1) is 20.4. The highest BCUT2D eigenvalue weighted by molar-refractivity contribution is 5.91. The van der Waals surface area contributed by atoms with Gasteiger partial charge in [0.05, 0.1) is 38.1 Å². The lowest BCUT2D eigenvalue weighted by molar-refractivity contribution is -0.152. The second-order valence-corrected chi connectivity index (χ2v) is 8.43. The van der Waals surface area contributed by atoms with E-state index >= 15 is 0 Å². The van der Waals surface area contributed by atoms with Crippen molar-refractivity contribution in [1.82, 2.24) is 9.80 Å². The number of carbonyl (C=O) groups excluding carboxylic acids is 2. The molecule has 32 heavy (non-hydrogen) atoms. The van der Waals surface area contributed by atoms with Crippen LogP contribution in [0.5, 0.6) is 11.5 Å². The molecule has 4 bridgehead atoms. The zero-order valence-corrected chi connectivity index (χ0v) is 18.2. The van der Waals surface area contributed by atoms with Crippen LogP contribution in [0.3, 0.4) is 0 Å². The summed E-state index contributed by atoms with van der Waals surface area (Å²) >= 11 is 0. The zero-order valence-electron chi connectivity index (χ0n) is 18.2. The largest absolute Gasteiger partial charge is 0.497 e. The molecular weight excluding hydrogens is 404 g/mol. The summed E-state index contributed by atoms with van der Waals surface area (Å²) in [4.78, 5) is 30.8. The predicted molar refractivity (Wildman–Crippen MR) is 120 cm³/mol. The van der Waals surface area contributed by atoms with Crippen LogP contribution in [-0.2, 0) is 22.7 Å². The van der Waals surface area contributed by atoms with E-state index in [1.165, 1.54) is 0 Å². The molecular formula is C26H26N2O4. The monoisotopic (exact) mass is 430 g/mol. The predicted octanol–water partition coefficient (Wildman–Crippen LogP) is 3.18. The molecule has 0 aromatic heterocycles. The minimum atomic E-state index is -0.385. The summed E-state index contributed by atoms with van der Waals surface area (Å²) in [7, 11) is 3.26. The van der Waals surface area contributed by atoms with Crippen molar-refractivity contribution in [3.63, 3.8) is 0 Å². The van der Waals surface area contributed by atoms with Gasteiger partial charge in [-0.2, -0.15) is 0 Å². The maximum atomic E-state index is 13.5. The van der Waals surface area contributed by atoms with Crippen molar-refractivity contribution in [2.24, 2.45) is 11.8 Å². The minimum Gasteiger partial charge on any atom is -0.497 e. The van der Waals surface area contributed by atoms with Gasteiger partial charge in [0.25, 0.3) is 0 Å². The van der Waals surface area contributed by atoms with Crippen molar-refractivity contribution in [3.8, 4) is 11.5 Å². The van der Waals surface area contributed by atoms with Crippen LogP contribution in [0.4, 0.5) is 0 Å². The fraction of sp³-hybridized carbons (Fsp3) is 0.308. The van der Waals surface area contributed by atoms with Crippen molar-refractivity contribution in [3.05, 3.63) is 84.0 Å². The van der Waals surface area contributed by atoms with Crippen molar-refractivity contribution < 1.29 is 19.1 Å². The van der Waals surface area contributed by atoms with Gasteiger partial charge in [0.2, 0.25) is 11.8 Å². The quantitative estimate of drug-likeness (QED) is 0.661. The summed E-state index contributed by atoms with van der Waals surface area (Å²) in [6, 6.07) is 14.9. The van der Waals surface area contributed by atoms with Crippen LogP contribution >= 0.6 is 0 Å². The van der Waals surface area contributed by atoms with E-state index in [0.29, 0.717) is 13.1 Å². The number of ether oxygens (including phenoxy) is 2. The van der Waals surface area contributed by atoms with E-state index in [4.69, 9.17) is 9.47 Å². The first-order chi connectivity index (χ1) is 15.6. The molecule has 6 aliphatic rings. The van der Waals surface area contributed by atoms with E-state index in [0.717, 1.165) is 22.6 Å². The highest BCUT2D eigenvalue weighted by Crippen LogP contribution is 2.38. The zero-order chi connectivity index (χ0) is 22.2. The lowest BCUT2D eigenvalue weighted by atomic mass is 9.78. The molecule has 8 rings (SSSR count). The third-order valence-electron chi connectivity index (χ3n) is 6.65. The molecule has 4 unspecified atom stereocenters. The summed E-state index contributed by atoms with van der Waals surface area (Å²) < 4.78 is 10.5. The second kappa shape index (κ2) is 8.19. The van der Waals surface area contributed by atoms with E-state index in [1.807, 2.05) is 82.6 Å². The van der Waals surface area contributed by atoms with Gasteiger partial charge in [-0.25, -0.2) is 0 Å². The van der Waals surface area contributed by atoms with Crippen LogP contribution in [0, 0.1) is 11.8 Å². The van der Waals surface area contributed by atoms with Gasteiger partial charge in [0.15, 0.2) is 0 Å². The first-order valence-electron chi connectivity index (χ1n) is 10.8. The highest BCUT2D eigenvalue weighted by Gasteiger charge is 2.49. The standard InChI is InChI=1S/C26H26N2O4/c1-31-19-7-3-17(4-8-19)15-27-23-13-11-22(25(27)29)24-14-12-21(23)26(30)28(24)16-18-5-9-20(32-2)10-6-18/h3-14,21-24H,15-16H2,1-2H3. The number of amides is 2. The number of hydrogen-bond donors (Lipinski definition) is 0. The molecule has 4 atom stereocenters. The van der Waals surface area contributed by atoms with Gasteiger partial charge in [-0.3, -0.25) is 9.59 Å². The average molecular weight is 431 g/mol. The maximum absolute atomic E-state index is 13.5. The second-order valence-electron chi connectivity index (χ2n) is 8.43. The lowest BCUT2D eigenvalue weighted by Crippen LogP contribution is -2.62. The fourth-order valence-corrected chi connectivity index (χ4v) is 4.89. The van der Waals surface area contributed by atoms with Crippen molar-refractivity contribution >= 4 is 11.8 Å². The Balaban J connectivity index is 1.41. The fourth-order valence-electron chi connectivity index (χ4n) is 4.89. The SMILES string of the molecule is COc1ccc(CN2C(=O)C3C=CC2C2C=CC3N(Cc3ccc(OC)cc3)C2=O)cc1. The van der Waals surface area contributed by atoms with Crippen LogP contribution in [-0.4, -0.2) is 47.9 Å². The van der Waals surface area contributed by atoms with Crippen molar-refractivity contribution in [1.29, 1.82) is 0 Å².